The van der Waals surface area contributed by atoms with Crippen molar-refractivity contribution < 1.29 is 14.3 Å². The Balaban J connectivity index is 1.70. The maximum absolute atomic E-state index is 12.2. The van der Waals surface area contributed by atoms with Crippen LogP contribution in [0.25, 0.3) is 5.78 Å². The summed E-state index contributed by atoms with van der Waals surface area (Å²) in [6, 6.07) is 6.53. The molecule has 3 rings (SSSR count). The van der Waals surface area contributed by atoms with Crippen LogP contribution in [0.4, 0.5) is 0 Å². The first-order chi connectivity index (χ1) is 12.9. The van der Waals surface area contributed by atoms with Crippen LogP contribution < -0.4 is 4.74 Å². The number of thioether (sulfide) groups is 1. The van der Waals surface area contributed by atoms with Gasteiger partial charge >= 0.3 is 5.97 Å². The van der Waals surface area contributed by atoms with E-state index >= 15 is 0 Å². The summed E-state index contributed by atoms with van der Waals surface area (Å²) in [6.45, 7) is 5.34. The van der Waals surface area contributed by atoms with E-state index in [1.54, 1.807) is 28.8 Å². The van der Waals surface area contributed by atoms with E-state index in [1.807, 2.05) is 20.1 Å². The first-order valence-electron chi connectivity index (χ1n) is 8.47. The van der Waals surface area contributed by atoms with Gasteiger partial charge in [-0.15, -0.1) is 5.10 Å². The number of carbonyl (C=O) groups excluding carboxylic acids is 2. The van der Waals surface area contributed by atoms with Crippen LogP contribution in [-0.4, -0.2) is 37.6 Å². The number of ketones is 1. The summed E-state index contributed by atoms with van der Waals surface area (Å²) in [7, 11) is 0. The lowest BCUT2D eigenvalue weighted by Crippen LogP contribution is -2.12. The Kier molecular flexibility index (Phi) is 5.55. The fraction of sp³-hybridized carbons (Fsp3) is 0.316. The van der Waals surface area contributed by atoms with Gasteiger partial charge in [0.15, 0.2) is 5.78 Å². The van der Waals surface area contributed by atoms with Gasteiger partial charge in [0.25, 0.3) is 5.78 Å². The van der Waals surface area contributed by atoms with Crippen molar-refractivity contribution in [3.8, 4) is 5.75 Å². The highest BCUT2D eigenvalue weighted by Gasteiger charge is 2.15. The molecule has 2 heterocycles. The lowest BCUT2D eigenvalue weighted by Gasteiger charge is -2.10. The smallest absolute Gasteiger partial charge is 0.311 e. The van der Waals surface area contributed by atoms with Gasteiger partial charge in [0.1, 0.15) is 5.75 Å². The summed E-state index contributed by atoms with van der Waals surface area (Å²) in [5, 5.41) is 5.07. The molecule has 0 bridgehead atoms. The van der Waals surface area contributed by atoms with Crippen molar-refractivity contribution in [2.24, 2.45) is 0 Å². The number of Topliss-reactive ketones (excluding diaryl/α,β-unsaturated/α-hetero) is 1. The third kappa shape index (κ3) is 4.16. The molecule has 140 valence electrons. The molecule has 0 saturated heterocycles. The Bertz CT molecular complexity index is 1010. The van der Waals surface area contributed by atoms with E-state index in [-0.39, 0.29) is 18.2 Å². The molecule has 0 aliphatic carbocycles. The number of nitrogens with zero attached hydrogens (tertiary/aromatic N) is 4. The van der Waals surface area contributed by atoms with E-state index < -0.39 is 0 Å². The molecule has 0 atom stereocenters. The molecule has 0 spiro atoms. The molecule has 3 aromatic rings. The second kappa shape index (κ2) is 7.87. The first kappa shape index (κ1) is 19.0. The highest BCUT2D eigenvalue weighted by molar-refractivity contribution is 7.98. The summed E-state index contributed by atoms with van der Waals surface area (Å²) in [5.41, 5.74) is 3.30. The van der Waals surface area contributed by atoms with Crippen molar-refractivity contribution in [2.75, 3.05) is 6.26 Å². The monoisotopic (exact) mass is 384 g/mol. The summed E-state index contributed by atoms with van der Waals surface area (Å²) >= 11 is 1.46. The predicted octanol–water partition coefficient (Wildman–Crippen LogP) is 3.20. The quantitative estimate of drug-likeness (QED) is 0.279. The van der Waals surface area contributed by atoms with Gasteiger partial charge in [-0.2, -0.15) is 4.98 Å². The number of aromatic nitrogens is 4. The number of hydrogen-bond donors (Lipinski definition) is 0. The molecule has 0 saturated carbocycles. The van der Waals surface area contributed by atoms with Crippen LogP contribution in [0.3, 0.4) is 0 Å². The molecule has 1 aromatic carbocycles. The molecule has 7 nitrogen and oxygen atoms in total. The van der Waals surface area contributed by atoms with Gasteiger partial charge in [0.2, 0.25) is 5.16 Å². The zero-order valence-corrected chi connectivity index (χ0v) is 16.5. The Morgan fingerprint density at radius 2 is 1.85 bits per heavy atom. The zero-order chi connectivity index (χ0) is 19.6. The fourth-order valence-electron chi connectivity index (χ4n) is 2.81. The SMILES string of the molecule is CSc1nc2nc(C)c(CCC(=O)Oc3ccc(C(C)=O)cc3)c(C)n2n1. The van der Waals surface area contributed by atoms with Gasteiger partial charge in [-0.3, -0.25) is 9.59 Å². The van der Waals surface area contributed by atoms with Crippen molar-refractivity contribution in [3.63, 3.8) is 0 Å². The van der Waals surface area contributed by atoms with Gasteiger partial charge in [0, 0.05) is 17.0 Å². The highest BCUT2D eigenvalue weighted by Crippen LogP contribution is 2.19. The minimum Gasteiger partial charge on any atom is -0.427 e. The van der Waals surface area contributed by atoms with Crippen molar-refractivity contribution in [1.29, 1.82) is 0 Å². The summed E-state index contributed by atoms with van der Waals surface area (Å²) < 4.78 is 7.06. The summed E-state index contributed by atoms with van der Waals surface area (Å²) in [5.74, 6) is 0.617. The van der Waals surface area contributed by atoms with Crippen LogP contribution in [0.5, 0.6) is 5.75 Å². The second-order valence-corrected chi connectivity index (χ2v) is 6.90. The van der Waals surface area contributed by atoms with E-state index in [0.717, 1.165) is 17.0 Å². The Morgan fingerprint density at radius 1 is 1.15 bits per heavy atom. The van der Waals surface area contributed by atoms with Crippen LogP contribution in [0, 0.1) is 13.8 Å². The minimum absolute atomic E-state index is 0.0283. The number of esters is 1. The molecular formula is C19H20N4O3S. The van der Waals surface area contributed by atoms with E-state index in [4.69, 9.17) is 4.74 Å². The van der Waals surface area contributed by atoms with E-state index in [0.29, 0.717) is 28.7 Å². The topological polar surface area (TPSA) is 86.5 Å². The van der Waals surface area contributed by atoms with Crippen LogP contribution in [0.1, 0.15) is 40.7 Å². The molecule has 0 fully saturated rings. The molecule has 8 heteroatoms. The molecule has 27 heavy (non-hydrogen) atoms. The van der Waals surface area contributed by atoms with E-state index in [2.05, 4.69) is 15.1 Å². The molecule has 0 amide bonds. The van der Waals surface area contributed by atoms with Gasteiger partial charge < -0.3 is 4.74 Å². The minimum atomic E-state index is -0.340. The van der Waals surface area contributed by atoms with E-state index in [9.17, 15) is 9.59 Å². The summed E-state index contributed by atoms with van der Waals surface area (Å²) in [4.78, 5) is 32.3. The van der Waals surface area contributed by atoms with Crippen LogP contribution in [0.15, 0.2) is 29.4 Å². The molecule has 0 radical (unpaired) electrons. The normalized spacial score (nSPS) is 11.0. The Labute approximate surface area is 161 Å². The second-order valence-electron chi connectivity index (χ2n) is 6.13. The Hall–Kier alpha value is -2.74. The van der Waals surface area contributed by atoms with E-state index in [1.165, 1.54) is 18.7 Å². The third-order valence-electron chi connectivity index (χ3n) is 4.28. The van der Waals surface area contributed by atoms with Gasteiger partial charge in [-0.05, 0) is 63.3 Å². The number of fused-ring (bicyclic) bond motifs is 1. The first-order valence-corrected chi connectivity index (χ1v) is 9.70. The molecule has 0 unspecified atom stereocenters. The highest BCUT2D eigenvalue weighted by atomic mass is 32.2. The van der Waals surface area contributed by atoms with Crippen LogP contribution in [0.2, 0.25) is 0 Å². The van der Waals surface area contributed by atoms with Gasteiger partial charge in [-0.1, -0.05) is 11.8 Å². The number of rotatable bonds is 6. The standard InChI is InChI=1S/C19H20N4O3S/c1-11-16(12(2)23-18(20-11)21-19(22-23)27-4)9-10-17(25)26-15-7-5-14(6-8-15)13(3)24/h5-8H,9-10H2,1-4H3. The largest absolute Gasteiger partial charge is 0.427 e. The van der Waals surface area contributed by atoms with Crippen LogP contribution >= 0.6 is 11.8 Å². The molecule has 0 aliphatic rings. The maximum atomic E-state index is 12.2. The van der Waals surface area contributed by atoms with Crippen molar-refractivity contribution in [2.45, 2.75) is 38.8 Å². The Morgan fingerprint density at radius 3 is 2.48 bits per heavy atom. The zero-order valence-electron chi connectivity index (χ0n) is 15.6. The third-order valence-corrected chi connectivity index (χ3v) is 4.82. The number of benzene rings is 1. The number of aryl methyl sites for hydroxylation is 2. The average molecular weight is 384 g/mol. The van der Waals surface area contributed by atoms with Gasteiger partial charge in [-0.25, -0.2) is 9.50 Å². The lowest BCUT2D eigenvalue weighted by molar-refractivity contribution is -0.134. The molecule has 0 aliphatic heterocycles. The summed E-state index contributed by atoms with van der Waals surface area (Å²) in [6.07, 6.45) is 2.63. The van der Waals surface area contributed by atoms with Crippen molar-refractivity contribution >= 4 is 29.3 Å². The van der Waals surface area contributed by atoms with Crippen LogP contribution in [-0.2, 0) is 11.2 Å². The van der Waals surface area contributed by atoms with Crippen molar-refractivity contribution in [3.05, 3.63) is 46.8 Å². The molecule has 0 N–H and O–H groups in total. The van der Waals surface area contributed by atoms with Gasteiger partial charge in [0.05, 0.1) is 6.42 Å². The number of carbonyl (C=O) groups is 2. The predicted molar refractivity (Wildman–Crippen MR) is 102 cm³/mol. The number of ether oxygens (including phenoxy) is 1. The number of hydrogen-bond acceptors (Lipinski definition) is 7. The molecular weight excluding hydrogens is 364 g/mol. The fourth-order valence-corrected chi connectivity index (χ4v) is 3.14. The maximum Gasteiger partial charge on any atom is 0.311 e. The van der Waals surface area contributed by atoms with Crippen molar-refractivity contribution in [1.82, 2.24) is 19.6 Å². The lowest BCUT2D eigenvalue weighted by atomic mass is 10.1. The molecule has 2 aromatic heterocycles. The average Bonchev–Trinajstić information content (AvgIpc) is 3.05.